The highest BCUT2D eigenvalue weighted by Crippen LogP contribution is 2.47. The quantitative estimate of drug-likeness (QED) is 0.363. The fraction of sp³-hybridized carbons (Fsp3) is 0.333. The van der Waals surface area contributed by atoms with Crippen LogP contribution in [-0.4, -0.2) is 26.4 Å². The smallest absolute Gasteiger partial charge is 0.143 e. The van der Waals surface area contributed by atoms with Crippen molar-refractivity contribution in [2.24, 2.45) is 0 Å². The summed E-state index contributed by atoms with van der Waals surface area (Å²) in [4.78, 5) is 0. The normalized spacial score (nSPS) is 10.7. The first-order valence-corrected chi connectivity index (χ1v) is 11.4. The number of rotatable bonds is 10. The molecule has 3 aromatic carbocycles. The maximum Gasteiger partial charge on any atom is 0.143 e. The average molecular weight is 451 g/mol. The Kier molecular flexibility index (Phi) is 7.93. The summed E-state index contributed by atoms with van der Waals surface area (Å²) in [6, 6.07) is 13.7. The van der Waals surface area contributed by atoms with Gasteiger partial charge in [0.1, 0.15) is 23.0 Å². The van der Waals surface area contributed by atoms with Crippen molar-refractivity contribution in [3.05, 3.63) is 48.0 Å². The molecule has 6 nitrogen and oxygen atoms in total. The summed E-state index contributed by atoms with van der Waals surface area (Å²) in [6.07, 6.45) is 0. The van der Waals surface area contributed by atoms with E-state index in [4.69, 9.17) is 30.4 Å². The number of hydrogen-bond acceptors (Lipinski definition) is 6. The van der Waals surface area contributed by atoms with Gasteiger partial charge in [0, 0.05) is 23.3 Å². The van der Waals surface area contributed by atoms with Crippen molar-refractivity contribution in [2.75, 3.05) is 37.9 Å². The van der Waals surface area contributed by atoms with Gasteiger partial charge < -0.3 is 30.4 Å². The lowest BCUT2D eigenvalue weighted by molar-refractivity contribution is 0.333. The number of aryl methyl sites for hydroxylation is 1. The van der Waals surface area contributed by atoms with Gasteiger partial charge in [-0.1, -0.05) is 18.2 Å². The molecule has 6 heteroatoms. The third-order valence-electron chi connectivity index (χ3n) is 5.26. The minimum absolute atomic E-state index is 0.516. The van der Waals surface area contributed by atoms with Gasteiger partial charge >= 0.3 is 0 Å². The first-order chi connectivity index (χ1) is 15.9. The molecular formula is C27H34N2O4. The first kappa shape index (κ1) is 24.1. The van der Waals surface area contributed by atoms with Crippen molar-refractivity contribution in [1.29, 1.82) is 0 Å². The second-order valence-corrected chi connectivity index (χ2v) is 7.50. The fourth-order valence-corrected chi connectivity index (χ4v) is 3.92. The van der Waals surface area contributed by atoms with Gasteiger partial charge in [-0.2, -0.15) is 0 Å². The van der Waals surface area contributed by atoms with Crippen molar-refractivity contribution < 1.29 is 18.9 Å². The van der Waals surface area contributed by atoms with Gasteiger partial charge in [-0.3, -0.25) is 0 Å². The van der Waals surface area contributed by atoms with Crippen molar-refractivity contribution in [2.45, 2.75) is 34.6 Å². The zero-order chi connectivity index (χ0) is 24.0. The zero-order valence-corrected chi connectivity index (χ0v) is 20.2. The summed E-state index contributed by atoms with van der Waals surface area (Å²) in [7, 11) is 0. The molecule has 0 spiro atoms. The second kappa shape index (κ2) is 10.9. The van der Waals surface area contributed by atoms with E-state index in [-0.39, 0.29) is 0 Å². The van der Waals surface area contributed by atoms with Crippen LogP contribution >= 0.6 is 0 Å². The van der Waals surface area contributed by atoms with E-state index in [0.29, 0.717) is 60.8 Å². The molecule has 0 radical (unpaired) electrons. The maximum absolute atomic E-state index is 6.25. The standard InChI is InChI=1S/C27H34N2O4/c1-6-30-23-15-21(28)25(32-8-3)13-19(23)18-12-10-11-17(5)27(18)20-14-26(33-9-4)22(29)16-24(20)31-7-2/h10-16H,6-9,28-29H2,1-5H3. The van der Waals surface area contributed by atoms with Gasteiger partial charge in [0.25, 0.3) is 0 Å². The van der Waals surface area contributed by atoms with E-state index < -0.39 is 0 Å². The van der Waals surface area contributed by atoms with E-state index in [0.717, 1.165) is 27.8 Å². The molecule has 0 aromatic heterocycles. The third-order valence-corrected chi connectivity index (χ3v) is 5.26. The molecule has 0 aliphatic heterocycles. The lowest BCUT2D eigenvalue weighted by atomic mass is 9.89. The van der Waals surface area contributed by atoms with Gasteiger partial charge in [0.2, 0.25) is 0 Å². The second-order valence-electron chi connectivity index (χ2n) is 7.50. The van der Waals surface area contributed by atoms with Gasteiger partial charge in [0.05, 0.1) is 37.8 Å². The topological polar surface area (TPSA) is 89.0 Å². The zero-order valence-electron chi connectivity index (χ0n) is 20.2. The fourth-order valence-electron chi connectivity index (χ4n) is 3.92. The van der Waals surface area contributed by atoms with Crippen LogP contribution in [0.5, 0.6) is 23.0 Å². The number of anilines is 2. The monoisotopic (exact) mass is 450 g/mol. The minimum Gasteiger partial charge on any atom is -0.493 e. The van der Waals surface area contributed by atoms with Crippen LogP contribution in [0.25, 0.3) is 22.3 Å². The number of ether oxygens (including phenoxy) is 4. The predicted molar refractivity (Wildman–Crippen MR) is 136 cm³/mol. The Morgan fingerprint density at radius 3 is 1.55 bits per heavy atom. The van der Waals surface area contributed by atoms with Crippen LogP contribution in [0.2, 0.25) is 0 Å². The molecule has 0 amide bonds. The minimum atomic E-state index is 0.516. The van der Waals surface area contributed by atoms with Crippen molar-refractivity contribution in [1.82, 2.24) is 0 Å². The Balaban J connectivity index is 2.34. The van der Waals surface area contributed by atoms with Crippen molar-refractivity contribution in [3.63, 3.8) is 0 Å². The van der Waals surface area contributed by atoms with Crippen LogP contribution in [-0.2, 0) is 0 Å². The molecule has 0 atom stereocenters. The van der Waals surface area contributed by atoms with Crippen LogP contribution in [0.15, 0.2) is 42.5 Å². The van der Waals surface area contributed by atoms with Gasteiger partial charge in [0.15, 0.2) is 0 Å². The largest absolute Gasteiger partial charge is 0.493 e. The summed E-state index contributed by atoms with van der Waals surface area (Å²) in [5.41, 5.74) is 18.4. The van der Waals surface area contributed by atoms with Gasteiger partial charge in [-0.25, -0.2) is 0 Å². The molecule has 176 valence electrons. The molecule has 0 heterocycles. The molecule has 33 heavy (non-hydrogen) atoms. The van der Waals surface area contributed by atoms with Crippen LogP contribution < -0.4 is 30.4 Å². The van der Waals surface area contributed by atoms with Crippen LogP contribution in [0.4, 0.5) is 11.4 Å². The summed E-state index contributed by atoms with van der Waals surface area (Å²) < 4.78 is 23.6. The Hall–Kier alpha value is -3.54. The molecule has 3 rings (SSSR count). The average Bonchev–Trinajstić information content (AvgIpc) is 2.78. The number of hydrogen-bond donors (Lipinski definition) is 2. The molecule has 0 saturated heterocycles. The van der Waals surface area contributed by atoms with E-state index in [2.05, 4.69) is 19.1 Å². The summed E-state index contributed by atoms with van der Waals surface area (Å²) >= 11 is 0. The molecule has 0 saturated carbocycles. The van der Waals surface area contributed by atoms with Crippen molar-refractivity contribution >= 4 is 11.4 Å². The van der Waals surface area contributed by atoms with Crippen molar-refractivity contribution in [3.8, 4) is 45.3 Å². The summed E-state index contributed by atoms with van der Waals surface area (Å²) in [5, 5.41) is 0. The highest BCUT2D eigenvalue weighted by molar-refractivity contribution is 5.92. The highest BCUT2D eigenvalue weighted by Gasteiger charge is 2.21. The van der Waals surface area contributed by atoms with Crippen LogP contribution in [0.3, 0.4) is 0 Å². The molecule has 4 N–H and O–H groups in total. The summed E-state index contributed by atoms with van der Waals surface area (Å²) in [5.74, 6) is 2.65. The molecular weight excluding hydrogens is 416 g/mol. The molecule has 0 bridgehead atoms. The summed E-state index contributed by atoms with van der Waals surface area (Å²) in [6.45, 7) is 11.9. The Bertz CT molecular complexity index is 1110. The van der Waals surface area contributed by atoms with Gasteiger partial charge in [-0.05, 0) is 63.4 Å². The van der Waals surface area contributed by atoms with E-state index in [1.807, 2.05) is 58.0 Å². The molecule has 0 aliphatic rings. The number of benzene rings is 3. The van der Waals surface area contributed by atoms with E-state index in [1.54, 1.807) is 0 Å². The van der Waals surface area contributed by atoms with Gasteiger partial charge in [-0.15, -0.1) is 0 Å². The van der Waals surface area contributed by atoms with Crippen LogP contribution in [0.1, 0.15) is 33.3 Å². The number of nitrogens with two attached hydrogens (primary N) is 2. The maximum atomic E-state index is 6.25. The SMILES string of the molecule is CCOc1cc(-c2cccc(C)c2-c2cc(OCC)c(N)cc2OCC)c(OCC)cc1N. The first-order valence-electron chi connectivity index (χ1n) is 11.4. The highest BCUT2D eigenvalue weighted by atomic mass is 16.5. The lowest BCUT2D eigenvalue weighted by Crippen LogP contribution is -2.03. The predicted octanol–water partition coefficient (Wildman–Crippen LogP) is 6.09. The van der Waals surface area contributed by atoms with E-state index in [1.165, 1.54) is 0 Å². The lowest BCUT2D eigenvalue weighted by Gasteiger charge is -2.21. The number of nitrogen functional groups attached to an aromatic ring is 2. The Morgan fingerprint density at radius 2 is 1.03 bits per heavy atom. The van der Waals surface area contributed by atoms with E-state index >= 15 is 0 Å². The van der Waals surface area contributed by atoms with Crippen LogP contribution in [0, 0.1) is 6.92 Å². The third kappa shape index (κ3) is 5.11. The Labute approximate surface area is 196 Å². The molecule has 0 unspecified atom stereocenters. The Morgan fingerprint density at radius 1 is 0.576 bits per heavy atom. The molecule has 0 fully saturated rings. The molecule has 3 aromatic rings. The molecule has 0 aliphatic carbocycles. The van der Waals surface area contributed by atoms with E-state index in [9.17, 15) is 0 Å².